The number of thiazole rings is 1. The first-order valence-corrected chi connectivity index (χ1v) is 8.12. The van der Waals surface area contributed by atoms with Crippen molar-refractivity contribution in [3.8, 4) is 0 Å². The minimum absolute atomic E-state index is 0.00665. The zero-order valence-electron chi connectivity index (χ0n) is 13.3. The van der Waals surface area contributed by atoms with E-state index in [1.807, 2.05) is 0 Å². The van der Waals surface area contributed by atoms with Gasteiger partial charge in [-0.05, 0) is 13.0 Å². The quantitative estimate of drug-likeness (QED) is 0.435. The highest BCUT2D eigenvalue weighted by molar-refractivity contribution is 7.13. The number of carbonyl (C=O) groups is 3. The zero-order chi connectivity index (χ0) is 18.2. The molecule has 0 aliphatic rings. The molecule has 0 aliphatic heterocycles. The molecule has 2 aromatic heterocycles. The topological polar surface area (TPSA) is 122 Å². The summed E-state index contributed by atoms with van der Waals surface area (Å²) in [6, 6.07) is 4.26. The summed E-state index contributed by atoms with van der Waals surface area (Å²) in [5.41, 5.74) is 0.244. The smallest absolute Gasteiger partial charge is 0.405 e. The van der Waals surface area contributed by atoms with Crippen molar-refractivity contribution in [2.45, 2.75) is 13.3 Å². The lowest BCUT2D eigenvalue weighted by Crippen LogP contribution is -2.35. The van der Waals surface area contributed by atoms with Crippen molar-refractivity contribution in [3.05, 3.63) is 46.4 Å². The molecule has 10 heteroatoms. The zero-order valence-corrected chi connectivity index (χ0v) is 14.1. The molecule has 0 radical (unpaired) electrons. The first-order chi connectivity index (χ1) is 12.0. The minimum Gasteiger partial charge on any atom is -0.618 e. The van der Waals surface area contributed by atoms with Crippen LogP contribution in [0.3, 0.4) is 0 Å². The molecule has 2 heterocycles. The molecular formula is C15H15N3O6S. The van der Waals surface area contributed by atoms with Crippen LogP contribution in [0.25, 0.3) is 0 Å². The van der Waals surface area contributed by atoms with Crippen molar-refractivity contribution in [1.29, 1.82) is 0 Å². The number of nitrogens with zero attached hydrogens (tertiary/aromatic N) is 2. The van der Waals surface area contributed by atoms with Gasteiger partial charge in [0.2, 0.25) is 0 Å². The van der Waals surface area contributed by atoms with E-state index in [2.05, 4.69) is 10.3 Å². The second-order valence-electron chi connectivity index (χ2n) is 4.66. The van der Waals surface area contributed by atoms with E-state index in [-0.39, 0.29) is 23.9 Å². The van der Waals surface area contributed by atoms with Gasteiger partial charge in [0.05, 0.1) is 18.7 Å². The molecule has 0 saturated carbocycles. The Kier molecular flexibility index (Phi) is 6.40. The first-order valence-electron chi connectivity index (χ1n) is 7.24. The van der Waals surface area contributed by atoms with Crippen molar-refractivity contribution in [3.63, 3.8) is 0 Å². The summed E-state index contributed by atoms with van der Waals surface area (Å²) in [6.45, 7) is 1.42. The minimum atomic E-state index is -0.909. The van der Waals surface area contributed by atoms with Gasteiger partial charge in [-0.25, -0.2) is 9.78 Å². The fourth-order valence-corrected chi connectivity index (χ4v) is 2.48. The average Bonchev–Trinajstić information content (AvgIpc) is 3.00. The van der Waals surface area contributed by atoms with Crippen LogP contribution in [-0.2, 0) is 25.5 Å². The SMILES string of the molecule is CCOC(=O)Cc1csc(NC(=O)COC(=O)c2cccc[n+]2[O-])n1. The standard InChI is InChI=1S/C15H15N3O6S/c1-2-23-13(20)7-10-9-25-15(16-10)17-12(19)8-24-14(21)11-5-3-4-6-18(11)22/h3-6,9H,2,7-8H2,1H3,(H,16,17,19). The molecule has 2 aromatic rings. The third kappa shape index (κ3) is 5.53. The molecule has 0 spiro atoms. The van der Waals surface area contributed by atoms with Gasteiger partial charge in [-0.1, -0.05) is 0 Å². The number of amides is 1. The molecule has 132 valence electrons. The highest BCUT2D eigenvalue weighted by Crippen LogP contribution is 2.16. The van der Waals surface area contributed by atoms with E-state index in [9.17, 15) is 19.6 Å². The molecule has 0 atom stereocenters. The largest absolute Gasteiger partial charge is 0.618 e. The summed E-state index contributed by atoms with van der Waals surface area (Å²) in [7, 11) is 0. The Hall–Kier alpha value is -3.01. The second-order valence-corrected chi connectivity index (χ2v) is 5.52. The number of anilines is 1. The number of hydrogen-bond donors (Lipinski definition) is 1. The van der Waals surface area contributed by atoms with Crippen LogP contribution in [0.2, 0.25) is 0 Å². The number of aromatic nitrogens is 2. The van der Waals surface area contributed by atoms with Crippen LogP contribution in [0.4, 0.5) is 5.13 Å². The summed E-state index contributed by atoms with van der Waals surface area (Å²) in [5, 5.41) is 15.7. The molecule has 9 nitrogen and oxygen atoms in total. The summed E-state index contributed by atoms with van der Waals surface area (Å²) >= 11 is 1.13. The van der Waals surface area contributed by atoms with Gasteiger partial charge in [-0.3, -0.25) is 14.9 Å². The van der Waals surface area contributed by atoms with Crippen LogP contribution in [0.5, 0.6) is 0 Å². The predicted octanol–water partition coefficient (Wildman–Crippen LogP) is 0.678. The van der Waals surface area contributed by atoms with Crippen LogP contribution in [0.15, 0.2) is 29.8 Å². The molecule has 0 fully saturated rings. The van der Waals surface area contributed by atoms with Crippen molar-refractivity contribution >= 4 is 34.3 Å². The molecule has 0 aromatic carbocycles. The Bertz CT molecular complexity index is 776. The molecule has 1 amide bonds. The molecule has 0 aliphatic carbocycles. The van der Waals surface area contributed by atoms with Crippen molar-refractivity contribution in [2.75, 3.05) is 18.5 Å². The normalized spacial score (nSPS) is 10.1. The third-order valence-electron chi connectivity index (χ3n) is 2.80. The van der Waals surface area contributed by atoms with E-state index in [1.165, 1.54) is 18.2 Å². The first kappa shape index (κ1) is 18.3. The number of rotatable bonds is 7. The lowest BCUT2D eigenvalue weighted by molar-refractivity contribution is -0.608. The van der Waals surface area contributed by atoms with Crippen LogP contribution in [0, 0.1) is 5.21 Å². The van der Waals surface area contributed by atoms with Gasteiger partial charge < -0.3 is 14.7 Å². The average molecular weight is 365 g/mol. The van der Waals surface area contributed by atoms with E-state index < -0.39 is 24.5 Å². The molecule has 25 heavy (non-hydrogen) atoms. The van der Waals surface area contributed by atoms with E-state index >= 15 is 0 Å². The van der Waals surface area contributed by atoms with Crippen LogP contribution in [0.1, 0.15) is 23.1 Å². The fraction of sp³-hybridized carbons (Fsp3) is 0.267. The van der Waals surface area contributed by atoms with Gasteiger partial charge in [0.25, 0.3) is 5.91 Å². The maximum atomic E-state index is 11.8. The van der Waals surface area contributed by atoms with Crippen LogP contribution < -0.4 is 10.0 Å². The Balaban J connectivity index is 1.82. The number of carbonyl (C=O) groups excluding carboxylic acids is 3. The van der Waals surface area contributed by atoms with E-state index in [4.69, 9.17) is 9.47 Å². The van der Waals surface area contributed by atoms with Crippen molar-refractivity contribution in [2.24, 2.45) is 0 Å². The number of ether oxygens (including phenoxy) is 2. The maximum absolute atomic E-state index is 11.8. The molecule has 0 saturated heterocycles. The van der Waals surface area contributed by atoms with Gasteiger partial charge in [-0.15, -0.1) is 11.3 Å². The van der Waals surface area contributed by atoms with Crippen molar-refractivity contribution < 1.29 is 28.6 Å². The highest BCUT2D eigenvalue weighted by atomic mass is 32.1. The van der Waals surface area contributed by atoms with Gasteiger partial charge in [0.1, 0.15) is 0 Å². The number of pyridine rings is 1. The lowest BCUT2D eigenvalue weighted by atomic mass is 10.3. The summed E-state index contributed by atoms with van der Waals surface area (Å²) in [6.07, 6.45) is 1.16. The molecule has 2 rings (SSSR count). The number of hydrogen-bond acceptors (Lipinski definition) is 8. The van der Waals surface area contributed by atoms with Gasteiger partial charge in [0, 0.05) is 17.5 Å². The highest BCUT2D eigenvalue weighted by Gasteiger charge is 2.18. The Morgan fingerprint density at radius 2 is 2.12 bits per heavy atom. The predicted molar refractivity (Wildman–Crippen MR) is 86.8 cm³/mol. The van der Waals surface area contributed by atoms with Gasteiger partial charge in [0.15, 0.2) is 17.9 Å². The fourth-order valence-electron chi connectivity index (χ4n) is 1.75. The summed E-state index contributed by atoms with van der Waals surface area (Å²) in [4.78, 5) is 38.9. The van der Waals surface area contributed by atoms with E-state index in [0.29, 0.717) is 10.4 Å². The Morgan fingerprint density at radius 1 is 1.32 bits per heavy atom. The van der Waals surface area contributed by atoms with Gasteiger partial charge >= 0.3 is 17.6 Å². The molecule has 0 bridgehead atoms. The maximum Gasteiger partial charge on any atom is 0.405 e. The van der Waals surface area contributed by atoms with E-state index in [1.54, 1.807) is 12.3 Å². The molecule has 0 unspecified atom stereocenters. The number of nitrogens with one attached hydrogen (secondary N) is 1. The van der Waals surface area contributed by atoms with Crippen LogP contribution in [-0.4, -0.2) is 36.0 Å². The summed E-state index contributed by atoms with van der Waals surface area (Å²) < 4.78 is 9.93. The lowest BCUT2D eigenvalue weighted by Gasteiger charge is -2.05. The number of esters is 2. The Morgan fingerprint density at radius 3 is 2.84 bits per heavy atom. The molecule has 1 N–H and O–H groups in total. The molecular weight excluding hydrogens is 350 g/mol. The Labute approximate surface area is 146 Å². The van der Waals surface area contributed by atoms with Gasteiger partial charge in [-0.2, -0.15) is 4.73 Å². The monoisotopic (exact) mass is 365 g/mol. The van der Waals surface area contributed by atoms with Crippen LogP contribution >= 0.6 is 11.3 Å². The van der Waals surface area contributed by atoms with E-state index in [0.717, 1.165) is 17.5 Å². The summed E-state index contributed by atoms with van der Waals surface area (Å²) in [5.74, 6) is -1.93. The third-order valence-corrected chi connectivity index (χ3v) is 3.60. The second kappa shape index (κ2) is 8.73. The van der Waals surface area contributed by atoms with Crippen molar-refractivity contribution in [1.82, 2.24) is 4.98 Å².